The summed E-state index contributed by atoms with van der Waals surface area (Å²) < 4.78 is 5.05. The maximum Gasteiger partial charge on any atom is 0.135 e. The van der Waals surface area contributed by atoms with E-state index in [1.165, 1.54) is 6.42 Å². The molecule has 0 spiro atoms. The monoisotopic (exact) mass is 303 g/mol. The molecule has 2 unspecified atom stereocenters. The number of fused-ring (bicyclic) bond motifs is 1. The standard InChI is InChI=1S/C16H18ClN3O/c1-2-10-9-21-19-14(10)6-11-3-4-15(18-16(11)17)20-7-12-5-13(12)8-20/h3-4,9,12-13H,2,5-8H2,1H3. The van der Waals surface area contributed by atoms with E-state index >= 15 is 0 Å². The van der Waals surface area contributed by atoms with Gasteiger partial charge in [-0.15, -0.1) is 0 Å². The van der Waals surface area contributed by atoms with Gasteiger partial charge in [0.25, 0.3) is 0 Å². The van der Waals surface area contributed by atoms with Gasteiger partial charge in [-0.05, 0) is 36.3 Å². The molecule has 0 radical (unpaired) electrons. The van der Waals surface area contributed by atoms with Crippen LogP contribution in [0.4, 0.5) is 5.82 Å². The normalized spacial score (nSPS) is 23.4. The fourth-order valence-corrected chi connectivity index (χ4v) is 3.46. The fraction of sp³-hybridized carbons (Fsp3) is 0.500. The van der Waals surface area contributed by atoms with Gasteiger partial charge in [0.15, 0.2) is 0 Å². The zero-order valence-corrected chi connectivity index (χ0v) is 12.8. The van der Waals surface area contributed by atoms with Crippen LogP contribution in [0.25, 0.3) is 0 Å². The zero-order chi connectivity index (χ0) is 14.4. The first-order valence-electron chi connectivity index (χ1n) is 7.57. The molecule has 0 amide bonds. The smallest absolute Gasteiger partial charge is 0.135 e. The van der Waals surface area contributed by atoms with Gasteiger partial charge in [-0.25, -0.2) is 4.98 Å². The van der Waals surface area contributed by atoms with Crippen LogP contribution in [0, 0.1) is 11.8 Å². The third-order valence-corrected chi connectivity index (χ3v) is 5.01. The lowest BCUT2D eigenvalue weighted by Gasteiger charge is -2.19. The van der Waals surface area contributed by atoms with Crippen molar-refractivity contribution in [2.75, 3.05) is 18.0 Å². The Morgan fingerprint density at radius 2 is 2.10 bits per heavy atom. The van der Waals surface area contributed by atoms with Crippen molar-refractivity contribution in [2.24, 2.45) is 11.8 Å². The van der Waals surface area contributed by atoms with Crippen molar-refractivity contribution in [1.29, 1.82) is 0 Å². The van der Waals surface area contributed by atoms with Gasteiger partial charge in [0.2, 0.25) is 0 Å². The van der Waals surface area contributed by atoms with E-state index in [4.69, 9.17) is 16.1 Å². The van der Waals surface area contributed by atoms with Gasteiger partial charge in [-0.2, -0.15) is 0 Å². The first kappa shape index (κ1) is 13.1. The number of hydrogen-bond donors (Lipinski definition) is 0. The number of halogens is 1. The van der Waals surface area contributed by atoms with E-state index in [0.717, 1.165) is 54.0 Å². The molecule has 0 bridgehead atoms. The van der Waals surface area contributed by atoms with Crippen LogP contribution in [0.15, 0.2) is 22.9 Å². The highest BCUT2D eigenvalue weighted by atomic mass is 35.5. The average Bonchev–Trinajstić information content (AvgIpc) is 2.90. The molecule has 2 aliphatic rings. The van der Waals surface area contributed by atoms with Crippen molar-refractivity contribution in [2.45, 2.75) is 26.2 Å². The largest absolute Gasteiger partial charge is 0.364 e. The van der Waals surface area contributed by atoms with Crippen LogP contribution >= 0.6 is 11.6 Å². The quantitative estimate of drug-likeness (QED) is 0.813. The molecular formula is C16H18ClN3O. The Balaban J connectivity index is 1.53. The number of pyridine rings is 1. The molecule has 0 N–H and O–H groups in total. The minimum atomic E-state index is 0.582. The summed E-state index contributed by atoms with van der Waals surface area (Å²) in [5.74, 6) is 2.80. The molecule has 110 valence electrons. The molecule has 0 aromatic carbocycles. The van der Waals surface area contributed by atoms with Gasteiger partial charge >= 0.3 is 0 Å². The molecule has 1 saturated heterocycles. The summed E-state index contributed by atoms with van der Waals surface area (Å²) >= 11 is 6.37. The molecular weight excluding hydrogens is 286 g/mol. The SMILES string of the molecule is CCc1conc1Cc1ccc(N2CC3CC3C2)nc1Cl. The third-order valence-electron chi connectivity index (χ3n) is 4.68. The molecule has 1 saturated carbocycles. The maximum absolute atomic E-state index is 6.37. The third kappa shape index (κ3) is 2.42. The molecule has 3 heterocycles. The topological polar surface area (TPSA) is 42.2 Å². The van der Waals surface area contributed by atoms with Crippen molar-refractivity contribution in [1.82, 2.24) is 10.1 Å². The highest BCUT2D eigenvalue weighted by molar-refractivity contribution is 6.30. The van der Waals surface area contributed by atoms with Crippen LogP contribution in [0.5, 0.6) is 0 Å². The molecule has 2 fully saturated rings. The number of hydrogen-bond acceptors (Lipinski definition) is 4. The predicted molar refractivity (Wildman–Crippen MR) is 81.7 cm³/mol. The van der Waals surface area contributed by atoms with E-state index in [1.54, 1.807) is 6.26 Å². The van der Waals surface area contributed by atoms with E-state index in [2.05, 4.69) is 34.1 Å². The van der Waals surface area contributed by atoms with Crippen LogP contribution in [0.3, 0.4) is 0 Å². The van der Waals surface area contributed by atoms with Gasteiger partial charge in [0, 0.05) is 25.1 Å². The molecule has 2 atom stereocenters. The van der Waals surface area contributed by atoms with E-state index < -0.39 is 0 Å². The molecule has 2 aromatic heterocycles. The molecule has 5 heteroatoms. The van der Waals surface area contributed by atoms with Crippen LogP contribution in [-0.4, -0.2) is 23.2 Å². The second kappa shape index (κ2) is 5.02. The number of nitrogens with zero attached hydrogens (tertiary/aromatic N) is 3. The zero-order valence-electron chi connectivity index (χ0n) is 12.1. The Morgan fingerprint density at radius 1 is 1.29 bits per heavy atom. The number of aryl methyl sites for hydroxylation is 1. The van der Waals surface area contributed by atoms with E-state index in [0.29, 0.717) is 11.6 Å². The maximum atomic E-state index is 6.37. The highest BCUT2D eigenvalue weighted by Gasteiger charge is 2.45. The number of piperidine rings is 1. The van der Waals surface area contributed by atoms with Gasteiger partial charge < -0.3 is 9.42 Å². The second-order valence-electron chi connectivity index (χ2n) is 6.10. The van der Waals surface area contributed by atoms with Crippen molar-refractivity contribution in [3.05, 3.63) is 40.4 Å². The number of rotatable bonds is 4. The molecule has 2 aromatic rings. The van der Waals surface area contributed by atoms with E-state index in [1.807, 2.05) is 0 Å². The minimum Gasteiger partial charge on any atom is -0.364 e. The average molecular weight is 304 g/mol. The molecule has 1 aliphatic heterocycles. The first-order valence-corrected chi connectivity index (χ1v) is 7.95. The lowest BCUT2D eigenvalue weighted by Crippen LogP contribution is -2.22. The lowest BCUT2D eigenvalue weighted by atomic mass is 10.1. The summed E-state index contributed by atoms with van der Waals surface area (Å²) in [5, 5.41) is 4.65. The van der Waals surface area contributed by atoms with Gasteiger partial charge in [-0.1, -0.05) is 29.7 Å². The fourth-order valence-electron chi connectivity index (χ4n) is 3.24. The van der Waals surface area contributed by atoms with Gasteiger partial charge in [-0.3, -0.25) is 0 Å². The molecule has 4 rings (SSSR count). The van der Waals surface area contributed by atoms with E-state index in [9.17, 15) is 0 Å². The Labute approximate surface area is 129 Å². The van der Waals surface area contributed by atoms with Crippen LogP contribution in [0.1, 0.15) is 30.2 Å². The molecule has 4 nitrogen and oxygen atoms in total. The highest BCUT2D eigenvalue weighted by Crippen LogP contribution is 2.46. The minimum absolute atomic E-state index is 0.582. The molecule has 21 heavy (non-hydrogen) atoms. The number of aromatic nitrogens is 2. The lowest BCUT2D eigenvalue weighted by molar-refractivity contribution is 0.412. The Bertz CT molecular complexity index is 659. The Kier molecular flexibility index (Phi) is 3.14. The number of anilines is 1. The summed E-state index contributed by atoms with van der Waals surface area (Å²) in [7, 11) is 0. The summed E-state index contributed by atoms with van der Waals surface area (Å²) in [6.45, 7) is 4.37. The van der Waals surface area contributed by atoms with Crippen LogP contribution in [0.2, 0.25) is 5.15 Å². The van der Waals surface area contributed by atoms with Crippen molar-refractivity contribution < 1.29 is 4.52 Å². The van der Waals surface area contributed by atoms with Gasteiger partial charge in [0.05, 0.1) is 5.69 Å². The summed E-state index contributed by atoms with van der Waals surface area (Å²) in [4.78, 5) is 6.93. The molecule has 1 aliphatic carbocycles. The summed E-state index contributed by atoms with van der Waals surface area (Å²) in [5.41, 5.74) is 3.10. The predicted octanol–water partition coefficient (Wildman–Crippen LogP) is 3.33. The van der Waals surface area contributed by atoms with Gasteiger partial charge in [0.1, 0.15) is 17.2 Å². The van der Waals surface area contributed by atoms with Crippen molar-refractivity contribution in [3.8, 4) is 0 Å². The van der Waals surface area contributed by atoms with Crippen LogP contribution < -0.4 is 4.90 Å². The summed E-state index contributed by atoms with van der Waals surface area (Å²) in [6.07, 6.45) is 4.70. The van der Waals surface area contributed by atoms with Crippen molar-refractivity contribution >= 4 is 17.4 Å². The summed E-state index contributed by atoms with van der Waals surface area (Å²) in [6, 6.07) is 4.15. The Hall–Kier alpha value is -1.55. The first-order chi connectivity index (χ1) is 10.2. The Morgan fingerprint density at radius 3 is 2.81 bits per heavy atom. The van der Waals surface area contributed by atoms with Crippen LogP contribution in [-0.2, 0) is 12.8 Å². The van der Waals surface area contributed by atoms with E-state index in [-0.39, 0.29) is 0 Å². The second-order valence-corrected chi connectivity index (χ2v) is 6.46. The van der Waals surface area contributed by atoms with Crippen molar-refractivity contribution in [3.63, 3.8) is 0 Å².